The number of nitrogens with one attached hydrogen (secondary N) is 3. The number of carbonyl (C=O) groups is 2. The molecule has 0 aliphatic rings. The Kier molecular flexibility index (Phi) is 4.15. The molecule has 2 heterocycles. The first kappa shape index (κ1) is 14.3. The van der Waals surface area contributed by atoms with Crippen LogP contribution in [0.2, 0.25) is 0 Å². The van der Waals surface area contributed by atoms with Crippen LogP contribution in [-0.4, -0.2) is 28.3 Å². The highest BCUT2D eigenvalue weighted by molar-refractivity contribution is 7.12. The summed E-state index contributed by atoms with van der Waals surface area (Å²) >= 11 is 1.34. The third-order valence-electron chi connectivity index (χ3n) is 3.05. The lowest BCUT2D eigenvalue weighted by Crippen LogP contribution is -2.36. The maximum Gasteiger partial charge on any atom is 0.261 e. The van der Waals surface area contributed by atoms with Gasteiger partial charge in [-0.2, -0.15) is 0 Å². The summed E-state index contributed by atoms with van der Waals surface area (Å²) in [6.45, 7) is 0.235. The van der Waals surface area contributed by atoms with Crippen LogP contribution in [0, 0.1) is 0 Å². The maximum atomic E-state index is 11.7. The molecule has 22 heavy (non-hydrogen) atoms. The van der Waals surface area contributed by atoms with Crippen LogP contribution in [0.25, 0.3) is 11.0 Å². The molecule has 0 atom stereocenters. The number of hydrogen-bond donors (Lipinski definition) is 3. The fraction of sp³-hybridized carbons (Fsp3) is 0.133. The summed E-state index contributed by atoms with van der Waals surface area (Å²) in [6.07, 6.45) is 0. The number of imidazole rings is 1. The standard InChI is InChI=1S/C15H14N4O2S/c20-14(9-17-15(21)12-6-3-7-22-12)16-8-13-18-10-4-1-2-5-11(10)19-13/h1-7H,8-9H2,(H,16,20)(H,17,21)(H,18,19). The molecule has 0 fully saturated rings. The SMILES string of the molecule is O=C(CNC(=O)c1cccs1)NCc1nc2ccccc2[nH]1. The molecule has 0 aliphatic heterocycles. The van der Waals surface area contributed by atoms with Gasteiger partial charge in [0.15, 0.2) is 0 Å². The van der Waals surface area contributed by atoms with Crippen LogP contribution in [-0.2, 0) is 11.3 Å². The van der Waals surface area contributed by atoms with Crippen molar-refractivity contribution >= 4 is 34.2 Å². The van der Waals surface area contributed by atoms with E-state index in [1.165, 1.54) is 11.3 Å². The fourth-order valence-electron chi connectivity index (χ4n) is 1.99. The zero-order valence-electron chi connectivity index (χ0n) is 11.6. The summed E-state index contributed by atoms with van der Waals surface area (Å²) in [5.41, 5.74) is 1.79. The van der Waals surface area contributed by atoms with Gasteiger partial charge >= 0.3 is 0 Å². The number of aromatic amines is 1. The van der Waals surface area contributed by atoms with Crippen LogP contribution >= 0.6 is 11.3 Å². The molecule has 6 nitrogen and oxygen atoms in total. The van der Waals surface area contributed by atoms with Gasteiger partial charge in [-0.15, -0.1) is 11.3 Å². The Morgan fingerprint density at radius 2 is 2.00 bits per heavy atom. The van der Waals surface area contributed by atoms with Crippen molar-refractivity contribution in [2.75, 3.05) is 6.54 Å². The van der Waals surface area contributed by atoms with E-state index in [0.29, 0.717) is 17.2 Å². The molecular formula is C15H14N4O2S. The van der Waals surface area contributed by atoms with Gasteiger partial charge < -0.3 is 15.6 Å². The number of benzene rings is 1. The molecule has 112 valence electrons. The van der Waals surface area contributed by atoms with Gasteiger partial charge in [0.2, 0.25) is 5.91 Å². The maximum absolute atomic E-state index is 11.7. The second-order valence-corrected chi connectivity index (χ2v) is 5.59. The smallest absolute Gasteiger partial charge is 0.261 e. The highest BCUT2D eigenvalue weighted by Crippen LogP contribution is 2.10. The normalized spacial score (nSPS) is 10.5. The topological polar surface area (TPSA) is 86.9 Å². The van der Waals surface area contributed by atoms with Crippen molar-refractivity contribution in [3.63, 3.8) is 0 Å². The minimum atomic E-state index is -0.259. The quantitative estimate of drug-likeness (QED) is 0.669. The van der Waals surface area contributed by atoms with Crippen molar-refractivity contribution in [1.82, 2.24) is 20.6 Å². The second-order valence-electron chi connectivity index (χ2n) is 4.64. The first-order chi connectivity index (χ1) is 10.7. The zero-order valence-corrected chi connectivity index (χ0v) is 12.4. The molecular weight excluding hydrogens is 300 g/mol. The van der Waals surface area contributed by atoms with E-state index < -0.39 is 0 Å². The number of fused-ring (bicyclic) bond motifs is 1. The average Bonchev–Trinajstić information content (AvgIpc) is 3.19. The van der Waals surface area contributed by atoms with Crippen LogP contribution < -0.4 is 10.6 Å². The van der Waals surface area contributed by atoms with E-state index in [1.54, 1.807) is 12.1 Å². The summed E-state index contributed by atoms with van der Waals surface area (Å²) in [5, 5.41) is 7.11. The number of rotatable bonds is 5. The molecule has 0 unspecified atom stereocenters. The van der Waals surface area contributed by atoms with Crippen LogP contribution in [0.15, 0.2) is 41.8 Å². The minimum Gasteiger partial charge on any atom is -0.347 e. The number of thiophene rings is 1. The molecule has 0 spiro atoms. The molecule has 1 aromatic carbocycles. The van der Waals surface area contributed by atoms with Crippen LogP contribution in [0.1, 0.15) is 15.5 Å². The third kappa shape index (κ3) is 3.32. The third-order valence-corrected chi connectivity index (χ3v) is 3.91. The Hall–Kier alpha value is -2.67. The Morgan fingerprint density at radius 3 is 2.77 bits per heavy atom. The lowest BCUT2D eigenvalue weighted by atomic mass is 10.3. The first-order valence-corrected chi connectivity index (χ1v) is 7.62. The molecule has 2 aromatic heterocycles. The molecule has 0 saturated carbocycles. The van der Waals surface area contributed by atoms with Crippen molar-refractivity contribution in [3.05, 3.63) is 52.5 Å². The van der Waals surface area contributed by atoms with E-state index in [1.807, 2.05) is 29.6 Å². The van der Waals surface area contributed by atoms with E-state index in [-0.39, 0.29) is 18.4 Å². The predicted octanol–water partition coefficient (Wildman–Crippen LogP) is 1.67. The highest BCUT2D eigenvalue weighted by atomic mass is 32.1. The van der Waals surface area contributed by atoms with Gasteiger partial charge in [0, 0.05) is 0 Å². The van der Waals surface area contributed by atoms with Gasteiger partial charge in [0.1, 0.15) is 5.82 Å². The Bertz CT molecular complexity index is 762. The lowest BCUT2D eigenvalue weighted by molar-refractivity contribution is -0.120. The number of H-pyrrole nitrogens is 1. The highest BCUT2D eigenvalue weighted by Gasteiger charge is 2.09. The van der Waals surface area contributed by atoms with E-state index in [4.69, 9.17) is 0 Å². The number of carbonyl (C=O) groups excluding carboxylic acids is 2. The lowest BCUT2D eigenvalue weighted by Gasteiger charge is -2.04. The first-order valence-electron chi connectivity index (χ1n) is 6.74. The molecule has 3 rings (SSSR count). The van der Waals surface area contributed by atoms with Gasteiger partial charge in [-0.25, -0.2) is 4.98 Å². The number of nitrogens with zero attached hydrogens (tertiary/aromatic N) is 1. The van der Waals surface area contributed by atoms with Gasteiger partial charge in [0.05, 0.1) is 29.0 Å². The molecule has 0 bridgehead atoms. The largest absolute Gasteiger partial charge is 0.347 e. The minimum absolute atomic E-state index is 0.0586. The molecule has 2 amide bonds. The van der Waals surface area contributed by atoms with Crippen molar-refractivity contribution in [1.29, 1.82) is 0 Å². The zero-order chi connectivity index (χ0) is 15.4. The second kappa shape index (κ2) is 6.40. The molecule has 0 saturated heterocycles. The fourth-order valence-corrected chi connectivity index (χ4v) is 2.63. The molecule has 0 aliphatic carbocycles. The van der Waals surface area contributed by atoms with Crippen molar-refractivity contribution in [3.8, 4) is 0 Å². The Labute approximate surface area is 130 Å². The number of hydrogen-bond acceptors (Lipinski definition) is 4. The van der Waals surface area contributed by atoms with Crippen LogP contribution in [0.4, 0.5) is 0 Å². The van der Waals surface area contributed by atoms with Gasteiger partial charge in [-0.1, -0.05) is 18.2 Å². The van der Waals surface area contributed by atoms with Gasteiger partial charge in [-0.05, 0) is 23.6 Å². The predicted molar refractivity (Wildman–Crippen MR) is 84.6 cm³/mol. The van der Waals surface area contributed by atoms with Crippen molar-refractivity contribution < 1.29 is 9.59 Å². The Morgan fingerprint density at radius 1 is 1.14 bits per heavy atom. The van der Waals surface area contributed by atoms with Crippen molar-refractivity contribution in [2.24, 2.45) is 0 Å². The summed E-state index contributed by atoms with van der Waals surface area (Å²) in [4.78, 5) is 31.5. The molecule has 7 heteroatoms. The van der Waals surface area contributed by atoms with E-state index in [0.717, 1.165) is 11.0 Å². The number of para-hydroxylation sites is 2. The monoisotopic (exact) mass is 314 g/mol. The Balaban J connectivity index is 1.49. The molecule has 0 radical (unpaired) electrons. The molecule has 3 N–H and O–H groups in total. The van der Waals surface area contributed by atoms with Crippen LogP contribution in [0.3, 0.4) is 0 Å². The number of amides is 2. The van der Waals surface area contributed by atoms with E-state index in [9.17, 15) is 9.59 Å². The number of aromatic nitrogens is 2. The summed E-state index contributed by atoms with van der Waals surface area (Å²) in [7, 11) is 0. The summed E-state index contributed by atoms with van der Waals surface area (Å²) in [5.74, 6) is 0.179. The van der Waals surface area contributed by atoms with E-state index >= 15 is 0 Å². The summed E-state index contributed by atoms with van der Waals surface area (Å²) in [6, 6.07) is 11.2. The molecule has 3 aromatic rings. The van der Waals surface area contributed by atoms with Crippen LogP contribution in [0.5, 0.6) is 0 Å². The van der Waals surface area contributed by atoms with E-state index in [2.05, 4.69) is 20.6 Å². The summed E-state index contributed by atoms with van der Waals surface area (Å²) < 4.78 is 0. The van der Waals surface area contributed by atoms with Crippen molar-refractivity contribution in [2.45, 2.75) is 6.54 Å². The van der Waals surface area contributed by atoms with Gasteiger partial charge in [0.25, 0.3) is 5.91 Å². The van der Waals surface area contributed by atoms with Gasteiger partial charge in [-0.3, -0.25) is 9.59 Å². The average molecular weight is 314 g/mol.